The van der Waals surface area contributed by atoms with Crippen LogP contribution in [0.4, 0.5) is 0 Å². The molecule has 0 spiro atoms. The minimum absolute atomic E-state index is 0. The number of nitrogens with one attached hydrogen (secondary N) is 2. The van der Waals surface area contributed by atoms with Crippen LogP contribution in [0.2, 0.25) is 0 Å². The van der Waals surface area contributed by atoms with Gasteiger partial charge in [0.15, 0.2) is 0 Å². The summed E-state index contributed by atoms with van der Waals surface area (Å²) in [6, 6.07) is 7.41. The predicted octanol–water partition coefficient (Wildman–Crippen LogP) is 2.21. The number of hydrogen-bond donors (Lipinski definition) is 2. The molecule has 5 heteroatoms. The summed E-state index contributed by atoms with van der Waals surface area (Å²) < 4.78 is 0.830. The van der Waals surface area contributed by atoms with E-state index in [1.165, 1.54) is 0 Å². The van der Waals surface area contributed by atoms with Crippen molar-refractivity contribution in [2.45, 2.75) is 6.42 Å². The second kappa shape index (κ2) is 8.56. The number of carbonyl (C=O) groups excluding carboxylic acids is 1. The Bertz CT molecular complexity index is 334. The summed E-state index contributed by atoms with van der Waals surface area (Å²) in [5.41, 5.74) is 0.682. The minimum Gasteiger partial charge on any atom is -0.352 e. The first-order valence-corrected chi connectivity index (χ1v) is 5.72. The van der Waals surface area contributed by atoms with E-state index in [0.29, 0.717) is 12.1 Å². The van der Waals surface area contributed by atoms with Crippen molar-refractivity contribution in [2.24, 2.45) is 0 Å². The Labute approximate surface area is 111 Å². The highest BCUT2D eigenvalue weighted by Gasteiger charge is 2.07. The molecule has 0 saturated carbocycles. The van der Waals surface area contributed by atoms with Gasteiger partial charge in [0, 0.05) is 11.0 Å². The first-order valence-electron chi connectivity index (χ1n) is 4.93. The Balaban J connectivity index is 0.00000225. The largest absolute Gasteiger partial charge is 0.352 e. The highest BCUT2D eigenvalue weighted by molar-refractivity contribution is 9.10. The van der Waals surface area contributed by atoms with Gasteiger partial charge in [-0.25, -0.2) is 0 Å². The Morgan fingerprint density at radius 3 is 2.62 bits per heavy atom. The maximum absolute atomic E-state index is 11.7. The lowest BCUT2D eigenvalue weighted by atomic mass is 10.2. The van der Waals surface area contributed by atoms with Gasteiger partial charge in [-0.1, -0.05) is 12.1 Å². The van der Waals surface area contributed by atoms with Crippen LogP contribution in [0.3, 0.4) is 0 Å². The van der Waals surface area contributed by atoms with Gasteiger partial charge in [0.05, 0.1) is 5.56 Å². The van der Waals surface area contributed by atoms with E-state index in [9.17, 15) is 4.79 Å². The molecule has 2 N–H and O–H groups in total. The van der Waals surface area contributed by atoms with Gasteiger partial charge < -0.3 is 10.6 Å². The van der Waals surface area contributed by atoms with Crippen LogP contribution < -0.4 is 10.6 Å². The summed E-state index contributed by atoms with van der Waals surface area (Å²) in [6.45, 7) is 1.61. The van der Waals surface area contributed by atoms with E-state index in [1.807, 2.05) is 25.2 Å². The number of hydrogen-bond acceptors (Lipinski definition) is 2. The van der Waals surface area contributed by atoms with Crippen LogP contribution >= 0.6 is 28.3 Å². The SMILES string of the molecule is CNCCCNC(=O)c1ccccc1Br.Cl. The fourth-order valence-electron chi connectivity index (χ4n) is 1.21. The Hall–Kier alpha value is -0.580. The lowest BCUT2D eigenvalue weighted by Crippen LogP contribution is -2.26. The third kappa shape index (κ3) is 4.96. The van der Waals surface area contributed by atoms with Gasteiger partial charge in [-0.2, -0.15) is 0 Å². The highest BCUT2D eigenvalue weighted by Crippen LogP contribution is 2.15. The molecule has 0 aliphatic rings. The molecule has 1 aromatic carbocycles. The quantitative estimate of drug-likeness (QED) is 0.819. The van der Waals surface area contributed by atoms with Crippen LogP contribution in [-0.2, 0) is 0 Å². The molecule has 0 bridgehead atoms. The van der Waals surface area contributed by atoms with Crippen molar-refractivity contribution < 1.29 is 4.79 Å². The summed E-state index contributed by atoms with van der Waals surface area (Å²) in [6.07, 6.45) is 0.937. The number of rotatable bonds is 5. The number of carbonyl (C=O) groups is 1. The summed E-state index contributed by atoms with van der Waals surface area (Å²) >= 11 is 3.35. The zero-order chi connectivity index (χ0) is 11.1. The molecular formula is C11H16BrClN2O. The standard InChI is InChI=1S/C11H15BrN2O.ClH/c1-13-7-4-8-14-11(15)9-5-2-3-6-10(9)12;/h2-3,5-6,13H,4,7-8H2,1H3,(H,14,15);1H. The van der Waals surface area contributed by atoms with Gasteiger partial charge in [-0.15, -0.1) is 12.4 Å². The van der Waals surface area contributed by atoms with Gasteiger partial charge >= 0.3 is 0 Å². The van der Waals surface area contributed by atoms with Crippen molar-refractivity contribution in [3.8, 4) is 0 Å². The average Bonchev–Trinajstić information content (AvgIpc) is 2.25. The summed E-state index contributed by atoms with van der Waals surface area (Å²) in [4.78, 5) is 11.7. The van der Waals surface area contributed by atoms with Crippen LogP contribution in [0, 0.1) is 0 Å². The van der Waals surface area contributed by atoms with Crippen LogP contribution in [0.25, 0.3) is 0 Å². The van der Waals surface area contributed by atoms with E-state index in [-0.39, 0.29) is 18.3 Å². The molecule has 1 rings (SSSR count). The second-order valence-electron chi connectivity index (χ2n) is 3.19. The van der Waals surface area contributed by atoms with Crippen LogP contribution in [0.1, 0.15) is 16.8 Å². The number of amides is 1. The maximum atomic E-state index is 11.7. The van der Waals surface area contributed by atoms with Crippen LogP contribution in [0.15, 0.2) is 28.7 Å². The van der Waals surface area contributed by atoms with E-state index in [0.717, 1.165) is 17.4 Å². The molecular weight excluding hydrogens is 291 g/mol. The topological polar surface area (TPSA) is 41.1 Å². The molecule has 1 aromatic rings. The molecule has 0 saturated heterocycles. The minimum atomic E-state index is -0.0291. The van der Waals surface area contributed by atoms with Gasteiger partial charge in [-0.3, -0.25) is 4.79 Å². The van der Waals surface area contributed by atoms with Crippen molar-refractivity contribution in [3.05, 3.63) is 34.3 Å². The van der Waals surface area contributed by atoms with Crippen molar-refractivity contribution >= 4 is 34.2 Å². The van der Waals surface area contributed by atoms with E-state index in [1.54, 1.807) is 6.07 Å². The molecule has 0 radical (unpaired) electrons. The first kappa shape index (κ1) is 15.4. The molecule has 0 atom stereocenters. The normalized spacial score (nSPS) is 9.38. The van der Waals surface area contributed by atoms with E-state index in [2.05, 4.69) is 26.6 Å². The molecule has 0 aromatic heterocycles. The zero-order valence-electron chi connectivity index (χ0n) is 9.13. The predicted molar refractivity (Wildman–Crippen MR) is 72.3 cm³/mol. The van der Waals surface area contributed by atoms with Crippen LogP contribution in [0.5, 0.6) is 0 Å². The Morgan fingerprint density at radius 2 is 2.00 bits per heavy atom. The molecule has 16 heavy (non-hydrogen) atoms. The summed E-state index contributed by atoms with van der Waals surface area (Å²) in [5.74, 6) is -0.0291. The van der Waals surface area contributed by atoms with E-state index in [4.69, 9.17) is 0 Å². The molecule has 90 valence electrons. The van der Waals surface area contributed by atoms with E-state index < -0.39 is 0 Å². The highest BCUT2D eigenvalue weighted by atomic mass is 79.9. The molecule has 3 nitrogen and oxygen atoms in total. The average molecular weight is 308 g/mol. The van der Waals surface area contributed by atoms with Crippen molar-refractivity contribution in [2.75, 3.05) is 20.1 Å². The first-order chi connectivity index (χ1) is 7.25. The summed E-state index contributed by atoms with van der Waals surface area (Å²) in [5, 5.41) is 5.90. The molecule has 0 heterocycles. The monoisotopic (exact) mass is 306 g/mol. The molecule has 0 aliphatic carbocycles. The van der Waals surface area contributed by atoms with E-state index >= 15 is 0 Å². The maximum Gasteiger partial charge on any atom is 0.252 e. The third-order valence-corrected chi connectivity index (χ3v) is 2.70. The lowest BCUT2D eigenvalue weighted by Gasteiger charge is -2.06. The smallest absolute Gasteiger partial charge is 0.252 e. The lowest BCUT2D eigenvalue weighted by molar-refractivity contribution is 0.0952. The van der Waals surface area contributed by atoms with Crippen molar-refractivity contribution in [3.63, 3.8) is 0 Å². The molecule has 0 unspecified atom stereocenters. The van der Waals surface area contributed by atoms with Crippen molar-refractivity contribution in [1.29, 1.82) is 0 Å². The molecule has 0 aliphatic heterocycles. The van der Waals surface area contributed by atoms with Gasteiger partial charge in [0.2, 0.25) is 0 Å². The molecule has 0 fully saturated rings. The Kier molecular flexibility index (Phi) is 8.25. The second-order valence-corrected chi connectivity index (χ2v) is 4.05. The molecule has 1 amide bonds. The summed E-state index contributed by atoms with van der Waals surface area (Å²) in [7, 11) is 1.90. The van der Waals surface area contributed by atoms with Gasteiger partial charge in [-0.05, 0) is 48.1 Å². The Morgan fingerprint density at radius 1 is 1.31 bits per heavy atom. The van der Waals surface area contributed by atoms with Crippen LogP contribution in [-0.4, -0.2) is 26.0 Å². The third-order valence-electron chi connectivity index (χ3n) is 2.01. The zero-order valence-corrected chi connectivity index (χ0v) is 11.5. The fourth-order valence-corrected chi connectivity index (χ4v) is 1.67. The van der Waals surface area contributed by atoms with Gasteiger partial charge in [0.1, 0.15) is 0 Å². The van der Waals surface area contributed by atoms with Crippen molar-refractivity contribution in [1.82, 2.24) is 10.6 Å². The number of halogens is 2. The fraction of sp³-hybridized carbons (Fsp3) is 0.364. The number of benzene rings is 1. The van der Waals surface area contributed by atoms with Gasteiger partial charge in [0.25, 0.3) is 5.91 Å².